The summed E-state index contributed by atoms with van der Waals surface area (Å²) in [5, 5.41) is 10.8. The van der Waals surface area contributed by atoms with E-state index in [1.165, 1.54) is 35.9 Å². The highest BCUT2D eigenvalue weighted by atomic mass is 31.2. The van der Waals surface area contributed by atoms with Crippen LogP contribution in [0.25, 0.3) is 0 Å². The topological polar surface area (TPSA) is 99.0 Å². The van der Waals surface area contributed by atoms with Gasteiger partial charge in [0.05, 0.1) is 11.0 Å². The first kappa shape index (κ1) is 19.1. The molecular formula is C18H19N2O6P. The van der Waals surface area contributed by atoms with E-state index in [2.05, 4.69) is 0 Å². The molecule has 0 spiro atoms. The molecule has 0 bridgehead atoms. The Balaban J connectivity index is 1.92. The van der Waals surface area contributed by atoms with Crippen molar-refractivity contribution in [1.82, 2.24) is 4.67 Å². The lowest BCUT2D eigenvalue weighted by Crippen LogP contribution is -2.35. The molecule has 2 aromatic carbocycles. The monoisotopic (exact) mass is 390 g/mol. The molecule has 27 heavy (non-hydrogen) atoms. The van der Waals surface area contributed by atoms with Gasteiger partial charge in [0.2, 0.25) is 0 Å². The number of non-ortho nitro benzene ring substituents is 1. The molecule has 1 aliphatic heterocycles. The van der Waals surface area contributed by atoms with Crippen LogP contribution in [-0.4, -0.2) is 28.0 Å². The van der Waals surface area contributed by atoms with Crippen molar-refractivity contribution in [2.75, 3.05) is 6.54 Å². The largest absolute Gasteiger partial charge is 0.516 e. The van der Waals surface area contributed by atoms with Gasteiger partial charge in [-0.25, -0.2) is 4.57 Å². The maximum absolute atomic E-state index is 13.7. The van der Waals surface area contributed by atoms with Crippen LogP contribution >= 0.6 is 7.75 Å². The number of Topliss-reactive ketones (excluding diaryl/α,β-unsaturated/α-hetero) is 1. The van der Waals surface area contributed by atoms with Crippen LogP contribution in [0.4, 0.5) is 5.69 Å². The van der Waals surface area contributed by atoms with Gasteiger partial charge in [0.15, 0.2) is 0 Å². The van der Waals surface area contributed by atoms with Gasteiger partial charge in [0.1, 0.15) is 17.3 Å². The van der Waals surface area contributed by atoms with E-state index in [1.54, 1.807) is 30.3 Å². The number of nitro groups is 1. The van der Waals surface area contributed by atoms with Gasteiger partial charge in [-0.3, -0.25) is 14.9 Å². The van der Waals surface area contributed by atoms with E-state index in [9.17, 15) is 19.5 Å². The van der Waals surface area contributed by atoms with Crippen LogP contribution < -0.4 is 9.05 Å². The molecule has 142 valence electrons. The Hall–Kier alpha value is -2.70. The fourth-order valence-corrected chi connectivity index (χ4v) is 4.99. The van der Waals surface area contributed by atoms with E-state index in [0.717, 1.165) is 0 Å². The van der Waals surface area contributed by atoms with E-state index in [1.807, 2.05) is 0 Å². The van der Waals surface area contributed by atoms with E-state index >= 15 is 0 Å². The van der Waals surface area contributed by atoms with Gasteiger partial charge in [-0.05, 0) is 44.0 Å². The molecule has 1 unspecified atom stereocenters. The zero-order valence-electron chi connectivity index (χ0n) is 14.7. The third-order valence-electron chi connectivity index (χ3n) is 4.24. The number of nitro benzene ring substituents is 1. The predicted molar refractivity (Wildman–Crippen MR) is 98.8 cm³/mol. The molecule has 0 N–H and O–H groups in total. The van der Waals surface area contributed by atoms with Crippen molar-refractivity contribution in [3.05, 3.63) is 64.7 Å². The second kappa shape index (κ2) is 7.90. The average molecular weight is 390 g/mol. The lowest BCUT2D eigenvalue weighted by molar-refractivity contribution is -0.384. The van der Waals surface area contributed by atoms with Crippen LogP contribution in [0.1, 0.15) is 19.8 Å². The maximum Gasteiger partial charge on any atom is 0.516 e. The minimum atomic E-state index is -3.92. The molecule has 0 amide bonds. The molecule has 0 radical (unpaired) electrons. The van der Waals surface area contributed by atoms with Gasteiger partial charge in [-0.1, -0.05) is 18.2 Å². The fourth-order valence-electron chi connectivity index (χ4n) is 2.96. The van der Waals surface area contributed by atoms with Crippen LogP contribution in [0, 0.1) is 10.1 Å². The number of para-hydroxylation sites is 1. The van der Waals surface area contributed by atoms with Crippen molar-refractivity contribution in [2.45, 2.75) is 25.8 Å². The quantitative estimate of drug-likeness (QED) is 0.397. The Kier molecular flexibility index (Phi) is 5.58. The Morgan fingerprint density at radius 1 is 1.11 bits per heavy atom. The van der Waals surface area contributed by atoms with E-state index in [4.69, 9.17) is 9.05 Å². The SMILES string of the molecule is CC(=O)[C@@H]1CCCN1P(=O)(Oc1ccccc1)Oc1ccc([N+](=O)[O-])cc1. The highest BCUT2D eigenvalue weighted by molar-refractivity contribution is 7.52. The molecule has 1 heterocycles. The van der Waals surface area contributed by atoms with Crippen LogP contribution in [0.2, 0.25) is 0 Å². The molecule has 1 saturated heterocycles. The van der Waals surface area contributed by atoms with Gasteiger partial charge in [0, 0.05) is 18.7 Å². The molecule has 8 nitrogen and oxygen atoms in total. The van der Waals surface area contributed by atoms with Gasteiger partial charge < -0.3 is 9.05 Å². The standard InChI is InChI=1S/C18H19N2O6P/c1-14(21)18-8-5-13-19(18)27(24,25-16-6-3-2-4-7-16)26-17-11-9-15(10-12-17)20(22)23/h2-4,6-7,9-12,18H,5,8,13H2,1H3/t18-,27?/m0/s1. The second-order valence-corrected chi connectivity index (χ2v) is 7.96. The lowest BCUT2D eigenvalue weighted by Gasteiger charge is -2.30. The summed E-state index contributed by atoms with van der Waals surface area (Å²) < 4.78 is 26.6. The molecule has 2 aromatic rings. The summed E-state index contributed by atoms with van der Waals surface area (Å²) in [6.07, 6.45) is 1.26. The third-order valence-corrected chi connectivity index (χ3v) is 6.23. The third kappa shape index (κ3) is 4.35. The zero-order valence-corrected chi connectivity index (χ0v) is 15.6. The smallest absolute Gasteiger partial charge is 0.404 e. The lowest BCUT2D eigenvalue weighted by atomic mass is 10.2. The van der Waals surface area contributed by atoms with Crippen LogP contribution in [0.5, 0.6) is 11.5 Å². The average Bonchev–Trinajstić information content (AvgIpc) is 3.14. The van der Waals surface area contributed by atoms with Gasteiger partial charge in [-0.2, -0.15) is 4.67 Å². The minimum absolute atomic E-state index is 0.107. The van der Waals surface area contributed by atoms with Crippen LogP contribution in [0.15, 0.2) is 54.6 Å². The van der Waals surface area contributed by atoms with Crippen molar-refractivity contribution in [3.63, 3.8) is 0 Å². The Bertz CT molecular complexity index is 871. The van der Waals surface area contributed by atoms with Gasteiger partial charge >= 0.3 is 7.75 Å². The number of benzene rings is 2. The zero-order chi connectivity index (χ0) is 19.4. The summed E-state index contributed by atoms with van der Waals surface area (Å²) >= 11 is 0. The Morgan fingerprint density at radius 3 is 2.26 bits per heavy atom. The number of ketones is 1. The summed E-state index contributed by atoms with van der Waals surface area (Å²) in [6.45, 7) is 1.84. The first-order valence-corrected chi connectivity index (χ1v) is 9.95. The first-order chi connectivity index (χ1) is 12.9. The van der Waals surface area contributed by atoms with Crippen molar-refractivity contribution in [3.8, 4) is 11.5 Å². The summed E-state index contributed by atoms with van der Waals surface area (Å²) in [5.74, 6) is 0.391. The Labute approximate surface area is 156 Å². The summed E-state index contributed by atoms with van der Waals surface area (Å²) in [5.41, 5.74) is -0.107. The second-order valence-electron chi connectivity index (χ2n) is 6.15. The highest BCUT2D eigenvalue weighted by Gasteiger charge is 2.46. The molecule has 0 aliphatic carbocycles. The van der Waals surface area contributed by atoms with Crippen molar-refractivity contribution in [1.29, 1.82) is 0 Å². The number of carbonyl (C=O) groups excluding carboxylic acids is 1. The van der Waals surface area contributed by atoms with Crippen LogP contribution in [-0.2, 0) is 9.36 Å². The van der Waals surface area contributed by atoms with Crippen molar-refractivity contribution in [2.24, 2.45) is 0 Å². The normalized spacial score (nSPS) is 19.2. The van der Waals surface area contributed by atoms with E-state index < -0.39 is 18.7 Å². The van der Waals surface area contributed by atoms with Gasteiger partial charge in [0.25, 0.3) is 5.69 Å². The van der Waals surface area contributed by atoms with Gasteiger partial charge in [-0.15, -0.1) is 0 Å². The summed E-state index contributed by atoms with van der Waals surface area (Å²) in [4.78, 5) is 22.3. The number of hydrogen-bond acceptors (Lipinski definition) is 6. The minimum Gasteiger partial charge on any atom is -0.404 e. The molecule has 2 atom stereocenters. The number of hydrogen-bond donors (Lipinski definition) is 0. The Morgan fingerprint density at radius 2 is 1.70 bits per heavy atom. The molecule has 9 heteroatoms. The first-order valence-electron chi connectivity index (χ1n) is 8.45. The summed E-state index contributed by atoms with van der Waals surface area (Å²) in [7, 11) is -3.92. The molecule has 1 fully saturated rings. The number of rotatable bonds is 7. The van der Waals surface area contributed by atoms with Crippen molar-refractivity contribution >= 4 is 19.2 Å². The molecule has 0 aromatic heterocycles. The van der Waals surface area contributed by atoms with Crippen LogP contribution in [0.3, 0.4) is 0 Å². The number of nitrogens with zero attached hydrogens (tertiary/aromatic N) is 2. The molecule has 0 saturated carbocycles. The predicted octanol–water partition coefficient (Wildman–Crippen LogP) is 4.21. The molecule has 3 rings (SSSR count). The summed E-state index contributed by atoms with van der Waals surface area (Å²) in [6, 6.07) is 13.2. The van der Waals surface area contributed by atoms with E-state index in [-0.39, 0.29) is 17.2 Å². The molecular weight excluding hydrogens is 371 g/mol. The fraction of sp³-hybridized carbons (Fsp3) is 0.278. The highest BCUT2D eigenvalue weighted by Crippen LogP contribution is 2.55. The van der Waals surface area contributed by atoms with E-state index in [0.29, 0.717) is 25.1 Å². The van der Waals surface area contributed by atoms with Crippen molar-refractivity contribution < 1.29 is 23.3 Å². The number of carbonyl (C=O) groups is 1. The maximum atomic E-state index is 13.7. The molecule has 1 aliphatic rings.